The average Bonchev–Trinajstić information content (AvgIpc) is 2.47. The van der Waals surface area contributed by atoms with Crippen LogP contribution in [0.1, 0.15) is 18.5 Å². The molecule has 1 aliphatic heterocycles. The molecule has 0 spiro atoms. The number of benzene rings is 1. The molecule has 1 saturated heterocycles. The molecule has 1 fully saturated rings. The van der Waals surface area contributed by atoms with Crippen molar-refractivity contribution in [3.05, 3.63) is 29.6 Å². The molecule has 2 rings (SSSR count). The number of halogens is 1. The molecule has 1 aliphatic rings. The lowest BCUT2D eigenvalue weighted by atomic mass is 10.00. The summed E-state index contributed by atoms with van der Waals surface area (Å²) >= 11 is 0. The van der Waals surface area contributed by atoms with Gasteiger partial charge in [-0.05, 0) is 12.6 Å². The quantitative estimate of drug-likeness (QED) is 0.900. The fourth-order valence-electron chi connectivity index (χ4n) is 2.38. The molecule has 0 amide bonds. The van der Waals surface area contributed by atoms with Crippen molar-refractivity contribution in [2.45, 2.75) is 19.1 Å². The Kier molecular flexibility index (Phi) is 4.74. The molecule has 1 aromatic carbocycles. The minimum Gasteiger partial charge on any atom is -0.494 e. The van der Waals surface area contributed by atoms with Crippen molar-refractivity contribution in [2.75, 3.05) is 33.4 Å². The van der Waals surface area contributed by atoms with Crippen LogP contribution < -0.4 is 10.5 Å². The number of morpholine rings is 1. The fraction of sp³-hybridized carbons (Fsp3) is 0.571. The van der Waals surface area contributed by atoms with Crippen LogP contribution in [0, 0.1) is 5.82 Å². The van der Waals surface area contributed by atoms with Crippen LogP contribution in [-0.4, -0.2) is 44.4 Å². The van der Waals surface area contributed by atoms with Gasteiger partial charge in [0.15, 0.2) is 11.6 Å². The summed E-state index contributed by atoms with van der Waals surface area (Å²) in [7, 11) is 1.45. The van der Waals surface area contributed by atoms with Crippen LogP contribution >= 0.6 is 0 Å². The van der Waals surface area contributed by atoms with Crippen LogP contribution in [0.4, 0.5) is 4.39 Å². The van der Waals surface area contributed by atoms with Gasteiger partial charge in [-0.1, -0.05) is 19.1 Å². The molecule has 0 saturated carbocycles. The summed E-state index contributed by atoms with van der Waals surface area (Å²) in [5.74, 6) is -0.175. The van der Waals surface area contributed by atoms with Crippen molar-refractivity contribution < 1.29 is 13.9 Å². The summed E-state index contributed by atoms with van der Waals surface area (Å²) in [6, 6.07) is 4.55. The minimum atomic E-state index is -0.482. The maximum atomic E-state index is 14.2. The molecule has 0 aliphatic carbocycles. The Morgan fingerprint density at radius 1 is 1.58 bits per heavy atom. The Labute approximate surface area is 113 Å². The molecule has 5 heteroatoms. The van der Waals surface area contributed by atoms with Gasteiger partial charge < -0.3 is 15.2 Å². The van der Waals surface area contributed by atoms with E-state index in [0.29, 0.717) is 12.2 Å². The third-order valence-corrected chi connectivity index (χ3v) is 3.60. The van der Waals surface area contributed by atoms with Gasteiger partial charge in [0.05, 0.1) is 25.9 Å². The van der Waals surface area contributed by atoms with E-state index < -0.39 is 11.9 Å². The maximum Gasteiger partial charge on any atom is 0.169 e. The first-order valence-corrected chi connectivity index (χ1v) is 6.59. The van der Waals surface area contributed by atoms with Gasteiger partial charge in [-0.3, -0.25) is 4.90 Å². The number of hydrogen-bond acceptors (Lipinski definition) is 4. The van der Waals surface area contributed by atoms with E-state index in [4.69, 9.17) is 15.2 Å². The van der Waals surface area contributed by atoms with Gasteiger partial charge in [0.25, 0.3) is 0 Å². The van der Waals surface area contributed by atoms with Crippen molar-refractivity contribution in [3.8, 4) is 5.75 Å². The van der Waals surface area contributed by atoms with Crippen LogP contribution in [0.2, 0.25) is 0 Å². The first kappa shape index (κ1) is 14.2. The first-order valence-electron chi connectivity index (χ1n) is 6.59. The van der Waals surface area contributed by atoms with E-state index in [1.54, 1.807) is 18.2 Å². The number of nitrogens with two attached hydrogens (primary N) is 1. The van der Waals surface area contributed by atoms with Crippen LogP contribution in [0.5, 0.6) is 5.75 Å². The number of nitrogens with zero attached hydrogens (tertiary/aromatic N) is 1. The lowest BCUT2D eigenvalue weighted by Gasteiger charge is -2.35. The van der Waals surface area contributed by atoms with Crippen molar-refractivity contribution in [1.29, 1.82) is 0 Å². The molecule has 4 nitrogen and oxygen atoms in total. The lowest BCUT2D eigenvalue weighted by molar-refractivity contribution is -0.0397. The molecule has 2 atom stereocenters. The highest BCUT2D eigenvalue weighted by molar-refractivity contribution is 5.33. The molecule has 0 bridgehead atoms. The number of rotatable bonds is 4. The highest BCUT2D eigenvalue weighted by Crippen LogP contribution is 2.27. The summed E-state index contributed by atoms with van der Waals surface area (Å²) in [6.45, 7) is 5.32. The molecule has 2 N–H and O–H groups in total. The average molecular weight is 268 g/mol. The van der Waals surface area contributed by atoms with Gasteiger partial charge in [0.2, 0.25) is 0 Å². The largest absolute Gasteiger partial charge is 0.494 e. The Morgan fingerprint density at radius 3 is 3.05 bits per heavy atom. The number of methoxy groups -OCH3 is 1. The van der Waals surface area contributed by atoms with E-state index >= 15 is 0 Å². The van der Waals surface area contributed by atoms with Gasteiger partial charge in [0, 0.05) is 18.7 Å². The zero-order chi connectivity index (χ0) is 13.8. The molecule has 0 aromatic heterocycles. The fourth-order valence-corrected chi connectivity index (χ4v) is 2.38. The van der Waals surface area contributed by atoms with Crippen molar-refractivity contribution in [2.24, 2.45) is 5.73 Å². The predicted octanol–water partition coefficient (Wildman–Crippen LogP) is 1.55. The Hall–Kier alpha value is -1.17. The van der Waals surface area contributed by atoms with E-state index in [1.165, 1.54) is 7.11 Å². The van der Waals surface area contributed by atoms with Gasteiger partial charge in [-0.25, -0.2) is 4.39 Å². The zero-order valence-electron chi connectivity index (χ0n) is 11.4. The lowest BCUT2D eigenvalue weighted by Crippen LogP contribution is -2.47. The van der Waals surface area contributed by atoms with E-state index in [9.17, 15) is 4.39 Å². The summed E-state index contributed by atoms with van der Waals surface area (Å²) in [4.78, 5) is 2.26. The van der Waals surface area contributed by atoms with Crippen LogP contribution in [0.3, 0.4) is 0 Å². The van der Waals surface area contributed by atoms with E-state index in [1.807, 2.05) is 0 Å². The molecule has 2 unspecified atom stereocenters. The third kappa shape index (κ3) is 3.05. The second-order valence-corrected chi connectivity index (χ2v) is 4.69. The first-order chi connectivity index (χ1) is 9.17. The highest BCUT2D eigenvalue weighted by atomic mass is 19.1. The topological polar surface area (TPSA) is 47.7 Å². The van der Waals surface area contributed by atoms with E-state index in [2.05, 4.69) is 11.8 Å². The Balaban J connectivity index is 2.17. The second-order valence-electron chi connectivity index (χ2n) is 4.69. The molecule has 1 heterocycles. The molecule has 19 heavy (non-hydrogen) atoms. The van der Waals surface area contributed by atoms with Gasteiger partial charge >= 0.3 is 0 Å². The van der Waals surface area contributed by atoms with Gasteiger partial charge in [-0.15, -0.1) is 0 Å². The molecule has 0 radical (unpaired) electrons. The minimum absolute atomic E-state index is 0.185. The Bertz CT molecular complexity index is 428. The Morgan fingerprint density at radius 2 is 2.37 bits per heavy atom. The standard InChI is InChI=1S/C14H21FN2O2/c1-3-17-7-8-19-12(9-17)14(16)10-5-4-6-11(18-2)13(10)15/h4-6,12,14H,3,7-9,16H2,1-2H3. The number of likely N-dealkylation sites (N-methyl/N-ethyl adjacent to an activating group) is 1. The second kappa shape index (κ2) is 6.32. The van der Waals surface area contributed by atoms with Gasteiger partial charge in [0.1, 0.15) is 0 Å². The van der Waals surface area contributed by atoms with Crippen LogP contribution in [0.25, 0.3) is 0 Å². The van der Waals surface area contributed by atoms with Crippen molar-refractivity contribution >= 4 is 0 Å². The summed E-state index contributed by atoms with van der Waals surface area (Å²) in [5, 5.41) is 0. The predicted molar refractivity (Wildman–Crippen MR) is 71.7 cm³/mol. The molecular weight excluding hydrogens is 247 g/mol. The van der Waals surface area contributed by atoms with E-state index in [-0.39, 0.29) is 11.9 Å². The SMILES string of the molecule is CCN1CCOC(C(N)c2cccc(OC)c2F)C1. The third-order valence-electron chi connectivity index (χ3n) is 3.60. The highest BCUT2D eigenvalue weighted by Gasteiger charge is 2.28. The monoisotopic (exact) mass is 268 g/mol. The maximum absolute atomic E-state index is 14.2. The van der Waals surface area contributed by atoms with Crippen LogP contribution in [0.15, 0.2) is 18.2 Å². The summed E-state index contributed by atoms with van der Waals surface area (Å²) in [6.07, 6.45) is -0.185. The summed E-state index contributed by atoms with van der Waals surface area (Å²) < 4.78 is 24.8. The van der Waals surface area contributed by atoms with Crippen LogP contribution in [-0.2, 0) is 4.74 Å². The number of hydrogen-bond donors (Lipinski definition) is 1. The number of ether oxygens (including phenoxy) is 2. The molecule has 1 aromatic rings. The van der Waals surface area contributed by atoms with Gasteiger partial charge in [-0.2, -0.15) is 0 Å². The van der Waals surface area contributed by atoms with Crippen molar-refractivity contribution in [3.63, 3.8) is 0 Å². The van der Waals surface area contributed by atoms with Crippen molar-refractivity contribution in [1.82, 2.24) is 4.90 Å². The normalized spacial score (nSPS) is 22.2. The molecule has 106 valence electrons. The van der Waals surface area contributed by atoms with E-state index in [0.717, 1.165) is 19.6 Å². The smallest absolute Gasteiger partial charge is 0.169 e. The summed E-state index contributed by atoms with van der Waals surface area (Å²) in [5.41, 5.74) is 6.61. The zero-order valence-corrected chi connectivity index (χ0v) is 11.4. The molecular formula is C14H21FN2O2.